The molecule has 0 fully saturated rings. The average molecular weight is 216 g/mol. The fourth-order valence-electron chi connectivity index (χ4n) is 1.87. The summed E-state index contributed by atoms with van der Waals surface area (Å²) in [4.78, 5) is 16.6. The monoisotopic (exact) mass is 216 g/mol. The van der Waals surface area contributed by atoms with Gasteiger partial charge in [0, 0.05) is 13.5 Å². The number of hydrogen-bond donors (Lipinski definition) is 0. The van der Waals surface area contributed by atoms with Gasteiger partial charge in [0.25, 0.3) is 5.56 Å². The van der Waals surface area contributed by atoms with Crippen molar-refractivity contribution >= 4 is 10.9 Å². The minimum atomic E-state index is 0.0495. The Labute approximate surface area is 94.7 Å². The Hall–Kier alpha value is -1.64. The smallest absolute Gasteiger partial charge is 0.261 e. The molecule has 0 saturated carbocycles. The number of fused-ring (bicyclic) bond motifs is 1. The molecule has 0 spiro atoms. The van der Waals surface area contributed by atoms with Gasteiger partial charge in [0.2, 0.25) is 0 Å². The van der Waals surface area contributed by atoms with Crippen molar-refractivity contribution in [2.24, 2.45) is 7.05 Å². The van der Waals surface area contributed by atoms with Crippen LogP contribution < -0.4 is 5.56 Å². The molecule has 1 aromatic carbocycles. The van der Waals surface area contributed by atoms with Crippen molar-refractivity contribution < 1.29 is 0 Å². The highest BCUT2D eigenvalue weighted by atomic mass is 16.1. The van der Waals surface area contributed by atoms with Crippen molar-refractivity contribution in [1.82, 2.24) is 9.55 Å². The standard InChI is InChI=1S/C13H16N2O/c1-4-5-12-14-11-8-9(2)6-7-10(11)13(16)15(12)3/h6-8H,4-5H2,1-3H3. The molecule has 0 amide bonds. The van der Waals surface area contributed by atoms with Gasteiger partial charge in [-0.05, 0) is 31.0 Å². The zero-order chi connectivity index (χ0) is 11.7. The molecule has 0 atom stereocenters. The molecule has 0 radical (unpaired) electrons. The highest BCUT2D eigenvalue weighted by Crippen LogP contribution is 2.11. The maximum absolute atomic E-state index is 12.1. The first-order chi connectivity index (χ1) is 7.63. The van der Waals surface area contributed by atoms with E-state index >= 15 is 0 Å². The molecule has 0 aliphatic carbocycles. The van der Waals surface area contributed by atoms with E-state index < -0.39 is 0 Å². The van der Waals surface area contributed by atoms with E-state index in [0.29, 0.717) is 5.39 Å². The van der Waals surface area contributed by atoms with E-state index in [1.807, 2.05) is 25.1 Å². The van der Waals surface area contributed by atoms with Gasteiger partial charge in [0.1, 0.15) is 5.82 Å². The molecule has 16 heavy (non-hydrogen) atoms. The predicted octanol–water partition coefficient (Wildman–Crippen LogP) is 2.19. The normalized spacial score (nSPS) is 10.9. The first-order valence-corrected chi connectivity index (χ1v) is 5.59. The summed E-state index contributed by atoms with van der Waals surface area (Å²) >= 11 is 0. The number of aromatic nitrogens is 2. The van der Waals surface area contributed by atoms with Crippen LogP contribution >= 0.6 is 0 Å². The molecule has 84 valence electrons. The van der Waals surface area contributed by atoms with Crippen molar-refractivity contribution in [2.75, 3.05) is 0 Å². The summed E-state index contributed by atoms with van der Waals surface area (Å²) in [6.07, 6.45) is 1.84. The third-order valence-corrected chi connectivity index (χ3v) is 2.80. The van der Waals surface area contributed by atoms with Crippen LogP contribution in [0.1, 0.15) is 24.7 Å². The molecule has 0 aliphatic rings. The van der Waals surface area contributed by atoms with Crippen molar-refractivity contribution in [3.63, 3.8) is 0 Å². The maximum atomic E-state index is 12.1. The van der Waals surface area contributed by atoms with E-state index in [1.165, 1.54) is 0 Å². The maximum Gasteiger partial charge on any atom is 0.261 e. The van der Waals surface area contributed by atoms with Gasteiger partial charge in [-0.1, -0.05) is 13.0 Å². The van der Waals surface area contributed by atoms with Crippen LogP contribution in [0.4, 0.5) is 0 Å². The number of benzene rings is 1. The molecule has 2 aromatic rings. The van der Waals surface area contributed by atoms with Gasteiger partial charge >= 0.3 is 0 Å². The van der Waals surface area contributed by atoms with Crippen molar-refractivity contribution in [3.05, 3.63) is 39.9 Å². The molecular formula is C13H16N2O. The van der Waals surface area contributed by atoms with E-state index in [2.05, 4.69) is 11.9 Å². The molecule has 0 bridgehead atoms. The van der Waals surface area contributed by atoms with Crippen LogP contribution in [-0.4, -0.2) is 9.55 Å². The highest BCUT2D eigenvalue weighted by Gasteiger charge is 2.07. The van der Waals surface area contributed by atoms with Crippen LogP contribution in [0.5, 0.6) is 0 Å². The topological polar surface area (TPSA) is 34.9 Å². The van der Waals surface area contributed by atoms with Gasteiger partial charge in [-0.3, -0.25) is 9.36 Å². The Bertz CT molecular complexity index is 584. The molecule has 3 heteroatoms. The molecule has 0 saturated heterocycles. The Morgan fingerprint density at radius 1 is 1.38 bits per heavy atom. The molecule has 3 nitrogen and oxygen atoms in total. The van der Waals surface area contributed by atoms with Crippen LogP contribution in [0.3, 0.4) is 0 Å². The lowest BCUT2D eigenvalue weighted by Crippen LogP contribution is -2.22. The number of hydrogen-bond acceptors (Lipinski definition) is 2. The Kier molecular flexibility index (Phi) is 2.77. The summed E-state index contributed by atoms with van der Waals surface area (Å²) < 4.78 is 1.65. The fraction of sp³-hybridized carbons (Fsp3) is 0.385. The van der Waals surface area contributed by atoms with Crippen LogP contribution in [-0.2, 0) is 13.5 Å². The molecule has 1 heterocycles. The minimum Gasteiger partial charge on any atom is -0.299 e. The predicted molar refractivity (Wildman–Crippen MR) is 65.7 cm³/mol. The lowest BCUT2D eigenvalue weighted by molar-refractivity contribution is 0.717. The molecule has 0 aliphatic heterocycles. The second-order valence-corrected chi connectivity index (χ2v) is 4.16. The zero-order valence-electron chi connectivity index (χ0n) is 9.95. The van der Waals surface area contributed by atoms with Crippen LogP contribution in [0.25, 0.3) is 10.9 Å². The SMILES string of the molecule is CCCc1nc2cc(C)ccc2c(=O)n1C. The first-order valence-electron chi connectivity index (χ1n) is 5.59. The van der Waals surface area contributed by atoms with Gasteiger partial charge in [0.15, 0.2) is 0 Å². The third kappa shape index (κ3) is 1.73. The van der Waals surface area contributed by atoms with Crippen molar-refractivity contribution in [2.45, 2.75) is 26.7 Å². The first kappa shape index (κ1) is 10.9. The Balaban J connectivity index is 2.78. The summed E-state index contributed by atoms with van der Waals surface area (Å²) in [7, 11) is 1.79. The molecule has 1 aromatic heterocycles. The van der Waals surface area contributed by atoms with Crippen molar-refractivity contribution in [1.29, 1.82) is 0 Å². The Morgan fingerprint density at radius 2 is 2.12 bits per heavy atom. The molecule has 0 unspecified atom stereocenters. The minimum absolute atomic E-state index is 0.0495. The highest BCUT2D eigenvalue weighted by molar-refractivity contribution is 5.78. The lowest BCUT2D eigenvalue weighted by Gasteiger charge is -2.08. The summed E-state index contributed by atoms with van der Waals surface area (Å²) in [5.74, 6) is 0.866. The van der Waals surface area contributed by atoms with Crippen LogP contribution in [0.15, 0.2) is 23.0 Å². The van der Waals surface area contributed by atoms with Gasteiger partial charge in [0.05, 0.1) is 10.9 Å². The quantitative estimate of drug-likeness (QED) is 0.771. The van der Waals surface area contributed by atoms with E-state index in [9.17, 15) is 4.79 Å². The van der Waals surface area contributed by atoms with Gasteiger partial charge in [-0.2, -0.15) is 0 Å². The van der Waals surface area contributed by atoms with Gasteiger partial charge in [-0.25, -0.2) is 4.98 Å². The van der Waals surface area contributed by atoms with E-state index in [0.717, 1.165) is 29.7 Å². The second kappa shape index (κ2) is 4.08. The van der Waals surface area contributed by atoms with E-state index in [-0.39, 0.29) is 5.56 Å². The average Bonchev–Trinajstić information content (AvgIpc) is 2.25. The summed E-state index contributed by atoms with van der Waals surface area (Å²) in [6, 6.07) is 5.77. The number of nitrogens with zero attached hydrogens (tertiary/aromatic N) is 2. The largest absolute Gasteiger partial charge is 0.299 e. The Morgan fingerprint density at radius 3 is 2.81 bits per heavy atom. The van der Waals surface area contributed by atoms with Gasteiger partial charge < -0.3 is 0 Å². The summed E-state index contributed by atoms with van der Waals surface area (Å²) in [5, 5.41) is 0.702. The number of rotatable bonds is 2. The summed E-state index contributed by atoms with van der Waals surface area (Å²) in [6.45, 7) is 4.10. The van der Waals surface area contributed by atoms with Crippen LogP contribution in [0.2, 0.25) is 0 Å². The van der Waals surface area contributed by atoms with Gasteiger partial charge in [-0.15, -0.1) is 0 Å². The van der Waals surface area contributed by atoms with Crippen molar-refractivity contribution in [3.8, 4) is 0 Å². The van der Waals surface area contributed by atoms with Crippen LogP contribution in [0, 0.1) is 6.92 Å². The zero-order valence-corrected chi connectivity index (χ0v) is 9.95. The second-order valence-electron chi connectivity index (χ2n) is 4.16. The molecular weight excluding hydrogens is 200 g/mol. The molecule has 0 N–H and O–H groups in total. The number of aryl methyl sites for hydroxylation is 2. The fourth-order valence-corrected chi connectivity index (χ4v) is 1.87. The lowest BCUT2D eigenvalue weighted by atomic mass is 10.1. The summed E-state index contributed by atoms with van der Waals surface area (Å²) in [5.41, 5.74) is 2.00. The van der Waals surface area contributed by atoms with E-state index in [1.54, 1.807) is 11.6 Å². The molecule has 2 rings (SSSR count). The van der Waals surface area contributed by atoms with E-state index in [4.69, 9.17) is 0 Å². The third-order valence-electron chi connectivity index (χ3n) is 2.80.